The minimum atomic E-state index is -0.760. The van der Waals surface area contributed by atoms with Crippen LogP contribution >= 0.6 is 11.8 Å². The molecule has 0 bridgehead atoms. The van der Waals surface area contributed by atoms with E-state index in [1.165, 1.54) is 11.8 Å². The fraction of sp³-hybridized carbons (Fsp3) is 0.440. The van der Waals surface area contributed by atoms with Crippen LogP contribution in [0.5, 0.6) is 0 Å². The van der Waals surface area contributed by atoms with Crippen LogP contribution in [0.2, 0.25) is 0 Å². The van der Waals surface area contributed by atoms with Crippen LogP contribution in [0.25, 0.3) is 0 Å². The minimum absolute atomic E-state index is 0. The molecule has 9 heteroatoms. The summed E-state index contributed by atoms with van der Waals surface area (Å²) in [5.74, 6) is 2.30. The third-order valence-electron chi connectivity index (χ3n) is 6.21. The molecular formula is C25H36N6O2S. The first-order chi connectivity index (χ1) is 16.0. The van der Waals surface area contributed by atoms with Crippen molar-refractivity contribution in [2.75, 3.05) is 23.3 Å². The summed E-state index contributed by atoms with van der Waals surface area (Å²) in [6, 6.07) is 11.7. The predicted molar refractivity (Wildman–Crippen MR) is 139 cm³/mol. The molecule has 3 heterocycles. The maximum absolute atomic E-state index is 11.7. The first kappa shape index (κ1) is 24.2. The number of rotatable bonds is 8. The average Bonchev–Trinajstić information content (AvgIpc) is 3.16. The number of Topliss-reactive ketones (excluding diaryl/α,β-unsaturated/α-hetero) is 1. The number of β-amino-alcohol motifs (C(OH)–C–C–N with tert-alkyl or cyclic N) is 1. The molecule has 1 aliphatic rings. The summed E-state index contributed by atoms with van der Waals surface area (Å²) in [6.07, 6.45) is 1.000. The molecule has 4 rings (SSSR count). The van der Waals surface area contributed by atoms with Gasteiger partial charge in [-0.3, -0.25) is 9.89 Å². The lowest BCUT2D eigenvalue weighted by Gasteiger charge is -2.54. The fourth-order valence-corrected chi connectivity index (χ4v) is 4.42. The van der Waals surface area contributed by atoms with E-state index in [0.717, 1.165) is 22.0 Å². The highest BCUT2D eigenvalue weighted by molar-refractivity contribution is 7.99. The molecule has 0 radical (unpaired) electrons. The van der Waals surface area contributed by atoms with Crippen molar-refractivity contribution < 1.29 is 12.8 Å². The number of nitrogens with zero attached hydrogens (tertiary/aromatic N) is 4. The number of benzene rings is 1. The van der Waals surface area contributed by atoms with E-state index < -0.39 is 5.60 Å². The van der Waals surface area contributed by atoms with Gasteiger partial charge in [0.15, 0.2) is 11.0 Å². The number of aromatic nitrogens is 4. The van der Waals surface area contributed by atoms with Crippen molar-refractivity contribution in [2.45, 2.75) is 63.1 Å². The molecule has 1 aromatic carbocycles. The molecule has 1 aliphatic heterocycles. The lowest BCUT2D eigenvalue weighted by atomic mass is 9.71. The summed E-state index contributed by atoms with van der Waals surface area (Å²) < 4.78 is 0. The molecule has 2 aromatic heterocycles. The summed E-state index contributed by atoms with van der Waals surface area (Å²) in [5, 5.41) is 22.0. The number of anilines is 3. The van der Waals surface area contributed by atoms with Crippen LogP contribution in [-0.2, 0) is 11.2 Å². The standard InChI is InChI=1S/C25H32N6O2S.2H2/c1-6-18(32)12-17-7-9-19(10-8-17)34-23-27-20(26-21-11-16(2)29-30-21)13-22(28-23)31-14-25(33,15-31)24(3,4)5;;/h7-11,13,33H,6,12,14-15H2,1-5H3,(H2,26,27,28,29,30);2*1H. The number of carbonyl (C=O) groups is 1. The highest BCUT2D eigenvalue weighted by Gasteiger charge is 2.50. The van der Waals surface area contributed by atoms with E-state index >= 15 is 0 Å². The lowest BCUT2D eigenvalue weighted by Crippen LogP contribution is -2.68. The number of aromatic amines is 1. The van der Waals surface area contributed by atoms with E-state index in [4.69, 9.17) is 4.98 Å². The number of carbonyl (C=O) groups excluding carboxylic acids is 1. The Labute approximate surface area is 207 Å². The van der Waals surface area contributed by atoms with Crippen LogP contribution in [0.4, 0.5) is 17.5 Å². The van der Waals surface area contributed by atoms with Crippen LogP contribution < -0.4 is 10.2 Å². The van der Waals surface area contributed by atoms with Crippen molar-refractivity contribution in [1.82, 2.24) is 20.2 Å². The van der Waals surface area contributed by atoms with Crippen LogP contribution in [0.3, 0.4) is 0 Å². The zero-order valence-corrected chi connectivity index (χ0v) is 21.2. The van der Waals surface area contributed by atoms with E-state index in [1.807, 2.05) is 50.2 Å². The number of nitrogens with one attached hydrogen (secondary N) is 2. The molecule has 0 aliphatic carbocycles. The topological polar surface area (TPSA) is 107 Å². The molecule has 34 heavy (non-hydrogen) atoms. The monoisotopic (exact) mass is 484 g/mol. The molecule has 0 saturated carbocycles. The highest BCUT2D eigenvalue weighted by atomic mass is 32.2. The second-order valence-corrected chi connectivity index (χ2v) is 10.9. The van der Waals surface area contributed by atoms with Gasteiger partial charge in [0.25, 0.3) is 0 Å². The second kappa shape index (κ2) is 9.38. The van der Waals surface area contributed by atoms with Crippen molar-refractivity contribution in [3.63, 3.8) is 0 Å². The van der Waals surface area contributed by atoms with Crippen molar-refractivity contribution in [1.29, 1.82) is 0 Å². The number of ketones is 1. The van der Waals surface area contributed by atoms with Gasteiger partial charge < -0.3 is 15.3 Å². The van der Waals surface area contributed by atoms with Crippen molar-refractivity contribution >= 4 is 35.0 Å². The van der Waals surface area contributed by atoms with Gasteiger partial charge in [-0.05, 0) is 41.8 Å². The first-order valence-corrected chi connectivity index (χ1v) is 12.3. The average molecular weight is 485 g/mol. The van der Waals surface area contributed by atoms with Crippen LogP contribution in [0, 0.1) is 12.3 Å². The van der Waals surface area contributed by atoms with Crippen LogP contribution in [-0.4, -0.2) is 49.7 Å². The molecule has 1 saturated heterocycles. The molecule has 0 atom stereocenters. The Bertz CT molecular complexity index is 1170. The van der Waals surface area contributed by atoms with Crippen molar-refractivity contribution in [2.24, 2.45) is 5.41 Å². The van der Waals surface area contributed by atoms with E-state index in [-0.39, 0.29) is 14.1 Å². The summed E-state index contributed by atoms with van der Waals surface area (Å²) in [7, 11) is 0. The molecule has 0 amide bonds. The largest absolute Gasteiger partial charge is 0.386 e. The molecule has 184 valence electrons. The summed E-state index contributed by atoms with van der Waals surface area (Å²) in [4.78, 5) is 24.2. The Morgan fingerprint density at radius 1 is 1.21 bits per heavy atom. The van der Waals surface area contributed by atoms with Crippen molar-refractivity contribution in [3.05, 3.63) is 47.7 Å². The van der Waals surface area contributed by atoms with Gasteiger partial charge in [0, 0.05) is 38.4 Å². The van der Waals surface area contributed by atoms with Gasteiger partial charge in [-0.2, -0.15) is 5.10 Å². The van der Waals surface area contributed by atoms with E-state index in [9.17, 15) is 9.90 Å². The number of hydrogen-bond donors (Lipinski definition) is 3. The Morgan fingerprint density at radius 3 is 2.50 bits per heavy atom. The Morgan fingerprint density at radius 2 is 1.91 bits per heavy atom. The molecule has 3 N–H and O–H groups in total. The third-order valence-corrected chi connectivity index (χ3v) is 7.08. The van der Waals surface area contributed by atoms with E-state index in [2.05, 4.69) is 46.2 Å². The first-order valence-electron chi connectivity index (χ1n) is 11.5. The number of H-pyrrole nitrogens is 1. The zero-order valence-electron chi connectivity index (χ0n) is 20.3. The number of aliphatic hydroxyl groups is 1. The summed E-state index contributed by atoms with van der Waals surface area (Å²) in [5.41, 5.74) is 0.974. The minimum Gasteiger partial charge on any atom is -0.386 e. The zero-order chi connectivity index (χ0) is 24.5. The van der Waals surface area contributed by atoms with Gasteiger partial charge in [-0.1, -0.05) is 39.8 Å². The summed E-state index contributed by atoms with van der Waals surface area (Å²) in [6.45, 7) is 11.0. The molecule has 1 fully saturated rings. The second-order valence-electron chi connectivity index (χ2n) is 9.91. The van der Waals surface area contributed by atoms with E-state index in [1.54, 1.807) is 0 Å². The fourth-order valence-electron chi connectivity index (χ4n) is 3.65. The molecular weight excluding hydrogens is 448 g/mol. The maximum atomic E-state index is 11.7. The van der Waals surface area contributed by atoms with Gasteiger partial charge in [-0.15, -0.1) is 0 Å². The Hall–Kier alpha value is -2.91. The van der Waals surface area contributed by atoms with Gasteiger partial charge in [-0.25, -0.2) is 9.97 Å². The Balaban J connectivity index is 0.00000228. The molecule has 0 spiro atoms. The number of aryl methyl sites for hydroxylation is 1. The normalized spacial score (nSPS) is 15.2. The third kappa shape index (κ3) is 5.42. The van der Waals surface area contributed by atoms with Gasteiger partial charge in [0.05, 0.1) is 13.1 Å². The molecule has 0 unspecified atom stereocenters. The number of hydrogen-bond acceptors (Lipinski definition) is 8. The molecule has 3 aromatic rings. The van der Waals surface area contributed by atoms with E-state index in [0.29, 0.717) is 42.7 Å². The van der Waals surface area contributed by atoms with Gasteiger partial charge in [0.2, 0.25) is 0 Å². The van der Waals surface area contributed by atoms with Crippen LogP contribution in [0.15, 0.2) is 46.5 Å². The van der Waals surface area contributed by atoms with Crippen molar-refractivity contribution in [3.8, 4) is 0 Å². The van der Waals surface area contributed by atoms with Gasteiger partial charge >= 0.3 is 0 Å². The maximum Gasteiger partial charge on any atom is 0.196 e. The quantitative estimate of drug-likeness (QED) is 0.383. The lowest BCUT2D eigenvalue weighted by molar-refractivity contribution is -0.118. The Kier molecular flexibility index (Phi) is 6.69. The molecule has 8 nitrogen and oxygen atoms in total. The highest BCUT2D eigenvalue weighted by Crippen LogP contribution is 2.40. The SMILES string of the molecule is CCC(=O)Cc1ccc(Sc2nc(Nc3cc(C)[nH]n3)cc(N3CC(O)(C(C)(C)C)C3)n2)cc1.[HH].[HH]. The predicted octanol–water partition coefficient (Wildman–Crippen LogP) is 5.01. The van der Waals surface area contributed by atoms with Crippen LogP contribution in [0.1, 0.15) is 48.2 Å². The summed E-state index contributed by atoms with van der Waals surface area (Å²) >= 11 is 1.46. The smallest absolute Gasteiger partial charge is 0.196 e. The van der Waals surface area contributed by atoms with Gasteiger partial charge in [0.1, 0.15) is 23.0 Å².